The van der Waals surface area contributed by atoms with Crippen molar-refractivity contribution < 1.29 is 27.1 Å². The lowest BCUT2D eigenvalue weighted by Crippen LogP contribution is -2.38. The zero-order chi connectivity index (χ0) is 34.9. The molecule has 250 valence electrons. The molecule has 5 rings (SSSR count). The lowest BCUT2D eigenvalue weighted by Gasteiger charge is -2.44. The second kappa shape index (κ2) is 13.8. The highest BCUT2D eigenvalue weighted by atomic mass is 28.2. The summed E-state index contributed by atoms with van der Waals surface area (Å²) in [5.74, 6) is -0.469. The van der Waals surface area contributed by atoms with Crippen LogP contribution in [-0.2, 0) is 34.6 Å². The van der Waals surface area contributed by atoms with Crippen molar-refractivity contribution >= 4 is 10.5 Å². The van der Waals surface area contributed by atoms with Gasteiger partial charge in [-0.05, 0) is 97.7 Å². The van der Waals surface area contributed by atoms with Gasteiger partial charge in [0.2, 0.25) is 0 Å². The van der Waals surface area contributed by atoms with Crippen LogP contribution in [-0.4, -0.2) is 15.6 Å². The van der Waals surface area contributed by atoms with Crippen molar-refractivity contribution in [2.45, 2.75) is 70.8 Å². The molecule has 0 spiro atoms. The Bertz CT molecular complexity index is 1800. The van der Waals surface area contributed by atoms with Crippen LogP contribution >= 0.6 is 0 Å². The van der Waals surface area contributed by atoms with E-state index in [1.165, 1.54) is 24.3 Å². The number of hydrogen-bond acceptors (Lipinski definition) is 2. The van der Waals surface area contributed by atoms with Gasteiger partial charge in [-0.3, -0.25) is 0 Å². The van der Waals surface area contributed by atoms with Crippen molar-refractivity contribution in [3.8, 4) is 11.1 Å². The van der Waals surface area contributed by atoms with Gasteiger partial charge in [0, 0.05) is 0 Å². The Morgan fingerprint density at radius 3 is 1.62 bits per heavy atom. The van der Waals surface area contributed by atoms with Gasteiger partial charge < -0.3 is 9.53 Å². The Hall–Kier alpha value is -4.04. The summed E-state index contributed by atoms with van der Waals surface area (Å²) >= 11 is 0. The van der Waals surface area contributed by atoms with Crippen LogP contribution in [0.1, 0.15) is 90.6 Å². The fraction of sp³-hybridized carbons (Fsp3) is 0.268. The third-order valence-corrected chi connectivity index (χ3v) is 9.66. The molecule has 48 heavy (non-hydrogen) atoms. The third kappa shape index (κ3) is 6.64. The summed E-state index contributed by atoms with van der Waals surface area (Å²) in [7, 11) is 0.360. The Balaban J connectivity index is 2.03. The molecule has 0 bridgehead atoms. The third-order valence-electron chi connectivity index (χ3n) is 9.05. The molecule has 7 heteroatoms. The van der Waals surface area contributed by atoms with Crippen LogP contribution in [0, 0.1) is 5.82 Å². The Kier molecular flexibility index (Phi) is 10.2. The molecule has 0 atom stereocenters. The average molecular weight is 671 g/mol. The Labute approximate surface area is 284 Å². The molecule has 0 amide bonds. The van der Waals surface area contributed by atoms with Gasteiger partial charge in [-0.25, -0.2) is 4.39 Å². The van der Waals surface area contributed by atoms with Crippen LogP contribution in [0.25, 0.3) is 11.1 Å². The van der Waals surface area contributed by atoms with Crippen LogP contribution < -0.4 is 0 Å². The van der Waals surface area contributed by atoms with Crippen molar-refractivity contribution in [3.05, 3.63) is 165 Å². The molecule has 0 aliphatic rings. The standard InChI is InChI=1S/C41H42F4O2Si/c1-26(2)35-33(24-27-16-20-31(21-17-27)41(43,44)45)36(28-18-22-32(42)23-19-28)34(25-46)37(39(3,4)5)38(35)40(47-48,29-12-8-6-9-13-29)30-14-10-7-11-15-30/h6-23,26,46H,24-25H2,1-5,48H3. The van der Waals surface area contributed by atoms with E-state index in [0.717, 1.165) is 56.6 Å². The van der Waals surface area contributed by atoms with Crippen molar-refractivity contribution in [1.82, 2.24) is 0 Å². The molecule has 0 heterocycles. The van der Waals surface area contributed by atoms with Gasteiger partial charge >= 0.3 is 6.18 Å². The molecule has 0 aliphatic heterocycles. The molecule has 0 saturated carbocycles. The van der Waals surface area contributed by atoms with E-state index in [4.69, 9.17) is 4.43 Å². The number of alkyl halides is 3. The predicted octanol–water partition coefficient (Wildman–Crippen LogP) is 9.60. The summed E-state index contributed by atoms with van der Waals surface area (Å²) < 4.78 is 62.0. The van der Waals surface area contributed by atoms with Gasteiger partial charge in [0.05, 0.1) is 12.2 Å². The van der Waals surface area contributed by atoms with Crippen molar-refractivity contribution in [1.29, 1.82) is 0 Å². The highest BCUT2D eigenvalue weighted by Crippen LogP contribution is 2.52. The summed E-state index contributed by atoms with van der Waals surface area (Å²) in [5, 5.41) is 11.4. The topological polar surface area (TPSA) is 29.5 Å². The monoisotopic (exact) mass is 670 g/mol. The zero-order valence-corrected chi connectivity index (χ0v) is 30.3. The van der Waals surface area contributed by atoms with E-state index in [-0.39, 0.29) is 24.8 Å². The summed E-state index contributed by atoms with van der Waals surface area (Å²) in [6.07, 6.45) is -4.18. The second-order valence-electron chi connectivity index (χ2n) is 13.6. The van der Waals surface area contributed by atoms with Crippen LogP contribution in [0.5, 0.6) is 0 Å². The van der Waals surface area contributed by atoms with Crippen LogP contribution in [0.4, 0.5) is 17.6 Å². The van der Waals surface area contributed by atoms with Crippen molar-refractivity contribution in [2.24, 2.45) is 0 Å². The minimum Gasteiger partial charge on any atom is -0.411 e. The van der Waals surface area contributed by atoms with Gasteiger partial charge in [0.25, 0.3) is 0 Å². The summed E-state index contributed by atoms with van der Waals surface area (Å²) in [5.41, 5.74) is 6.11. The zero-order valence-electron chi connectivity index (χ0n) is 28.3. The molecular weight excluding hydrogens is 629 g/mol. The number of rotatable bonds is 9. The summed E-state index contributed by atoms with van der Waals surface area (Å²) in [6, 6.07) is 31.6. The van der Waals surface area contributed by atoms with Crippen LogP contribution in [0.2, 0.25) is 0 Å². The summed E-state index contributed by atoms with van der Waals surface area (Å²) in [4.78, 5) is 0. The maximum atomic E-state index is 14.3. The lowest BCUT2D eigenvalue weighted by atomic mass is 9.65. The van der Waals surface area contributed by atoms with Crippen molar-refractivity contribution in [2.75, 3.05) is 0 Å². The molecule has 0 unspecified atom stereocenters. The molecule has 0 fully saturated rings. The predicted molar refractivity (Wildman–Crippen MR) is 189 cm³/mol. The fourth-order valence-corrected chi connectivity index (χ4v) is 7.85. The minimum atomic E-state index is -4.46. The molecule has 0 radical (unpaired) electrons. The van der Waals surface area contributed by atoms with Gasteiger partial charge in [-0.15, -0.1) is 0 Å². The van der Waals surface area contributed by atoms with Gasteiger partial charge in [0.15, 0.2) is 0 Å². The Morgan fingerprint density at radius 1 is 0.688 bits per heavy atom. The average Bonchev–Trinajstić information content (AvgIpc) is 3.05. The second-order valence-corrected chi connectivity index (χ2v) is 14.0. The molecule has 2 nitrogen and oxygen atoms in total. The maximum Gasteiger partial charge on any atom is 0.416 e. The first-order valence-corrected chi connectivity index (χ1v) is 17.0. The number of benzene rings is 5. The number of aliphatic hydroxyl groups excluding tert-OH is 1. The van der Waals surface area contributed by atoms with Crippen LogP contribution in [0.15, 0.2) is 109 Å². The smallest absolute Gasteiger partial charge is 0.411 e. The molecule has 5 aromatic carbocycles. The maximum absolute atomic E-state index is 14.3. The number of halogens is 4. The molecular formula is C41H42F4O2Si. The minimum absolute atomic E-state index is 0.0823. The van der Waals surface area contributed by atoms with E-state index < -0.39 is 22.8 Å². The first-order valence-electron chi connectivity index (χ1n) is 16.2. The van der Waals surface area contributed by atoms with Gasteiger partial charge in [0.1, 0.15) is 21.9 Å². The first-order chi connectivity index (χ1) is 22.7. The lowest BCUT2D eigenvalue weighted by molar-refractivity contribution is -0.137. The molecule has 0 aliphatic carbocycles. The van der Waals surface area contributed by atoms with Crippen molar-refractivity contribution in [3.63, 3.8) is 0 Å². The van der Waals surface area contributed by atoms with E-state index in [9.17, 15) is 22.7 Å². The van der Waals surface area contributed by atoms with Crippen LogP contribution in [0.3, 0.4) is 0 Å². The Morgan fingerprint density at radius 2 is 1.21 bits per heavy atom. The first kappa shape index (κ1) is 35.3. The number of hydrogen-bond donors (Lipinski definition) is 1. The highest BCUT2D eigenvalue weighted by molar-refractivity contribution is 5.99. The molecule has 0 aromatic heterocycles. The van der Waals surface area contributed by atoms with E-state index >= 15 is 0 Å². The molecule has 0 saturated heterocycles. The number of aliphatic hydroxyl groups is 1. The SMILES string of the molecule is CC(C)c1c(Cc2ccc(C(F)(F)F)cc2)c(-c2ccc(F)cc2)c(CO)c(C(C)(C)C)c1C(O[SiH3])(c1ccccc1)c1ccccc1. The molecule has 5 aromatic rings. The van der Waals surface area contributed by atoms with E-state index in [1.54, 1.807) is 12.1 Å². The summed E-state index contributed by atoms with van der Waals surface area (Å²) in [6.45, 7) is 10.3. The van der Waals surface area contributed by atoms with E-state index in [0.29, 0.717) is 21.6 Å². The highest BCUT2D eigenvalue weighted by Gasteiger charge is 2.44. The largest absolute Gasteiger partial charge is 0.416 e. The normalized spacial score (nSPS) is 12.6. The fourth-order valence-electron chi connectivity index (χ4n) is 7.17. The van der Waals surface area contributed by atoms with Gasteiger partial charge in [-0.1, -0.05) is 120 Å². The quantitative estimate of drug-likeness (QED) is 0.0962. The molecule has 1 N–H and O–H groups in total. The van der Waals surface area contributed by atoms with E-state index in [2.05, 4.69) is 58.9 Å². The van der Waals surface area contributed by atoms with E-state index in [1.807, 2.05) is 36.4 Å². The van der Waals surface area contributed by atoms with Gasteiger partial charge in [-0.2, -0.15) is 13.2 Å².